The van der Waals surface area contributed by atoms with E-state index in [0.717, 1.165) is 16.3 Å². The molecule has 0 radical (unpaired) electrons. The quantitative estimate of drug-likeness (QED) is 0.354. The van der Waals surface area contributed by atoms with E-state index in [0.29, 0.717) is 0 Å². The molecule has 8 N–H and O–H groups in total. The van der Waals surface area contributed by atoms with Crippen LogP contribution in [0.4, 0.5) is 0 Å². The van der Waals surface area contributed by atoms with Crippen molar-refractivity contribution in [3.05, 3.63) is 53.6 Å². The van der Waals surface area contributed by atoms with Gasteiger partial charge < -0.3 is 31.9 Å². The van der Waals surface area contributed by atoms with Gasteiger partial charge in [0, 0.05) is 0 Å². The summed E-state index contributed by atoms with van der Waals surface area (Å²) in [5.41, 5.74) is 12.5. The first-order chi connectivity index (χ1) is 13.8. The SMILES string of the molecule is C[Si](C)(C)c1cc(C[C@H](N)C(=O)O)ccc1O.N[C@@H](Cc1ccc(O)cc1)C(=O)O. The smallest absolute Gasteiger partial charge is 0.320 e. The summed E-state index contributed by atoms with van der Waals surface area (Å²) in [6, 6.07) is 9.76. The number of phenolic OH excluding ortho intramolecular Hbond substituents is 2. The van der Waals surface area contributed by atoms with Gasteiger partial charge in [-0.3, -0.25) is 9.59 Å². The Balaban J connectivity index is 0.000000311. The van der Waals surface area contributed by atoms with Crippen LogP contribution >= 0.6 is 0 Å². The molecule has 9 heteroatoms. The number of aliphatic carboxylic acids is 2. The highest BCUT2D eigenvalue weighted by Gasteiger charge is 2.21. The van der Waals surface area contributed by atoms with E-state index >= 15 is 0 Å². The number of carbonyl (C=O) groups is 2. The Morgan fingerprint density at radius 1 is 0.833 bits per heavy atom. The molecule has 0 aliphatic rings. The van der Waals surface area contributed by atoms with Gasteiger partial charge in [0.25, 0.3) is 0 Å². The fraction of sp³-hybridized carbons (Fsp3) is 0.333. The summed E-state index contributed by atoms with van der Waals surface area (Å²) >= 11 is 0. The van der Waals surface area contributed by atoms with Crippen LogP contribution < -0.4 is 16.7 Å². The van der Waals surface area contributed by atoms with Crippen LogP contribution in [0.15, 0.2) is 42.5 Å². The Hall–Kier alpha value is -2.88. The molecule has 2 aromatic carbocycles. The number of hydrogen-bond acceptors (Lipinski definition) is 6. The lowest BCUT2D eigenvalue weighted by atomic mass is 10.1. The second-order valence-corrected chi connectivity index (χ2v) is 13.1. The zero-order valence-corrected chi connectivity index (χ0v) is 18.4. The molecular weight excluding hydrogens is 404 g/mol. The van der Waals surface area contributed by atoms with Crippen molar-refractivity contribution in [1.29, 1.82) is 0 Å². The van der Waals surface area contributed by atoms with E-state index in [4.69, 9.17) is 26.8 Å². The van der Waals surface area contributed by atoms with Gasteiger partial charge in [-0.05, 0) is 47.4 Å². The van der Waals surface area contributed by atoms with Crippen LogP contribution in [0.25, 0.3) is 0 Å². The number of carboxylic acid groups (broad SMARTS) is 2. The maximum absolute atomic E-state index is 10.7. The maximum atomic E-state index is 10.7. The minimum atomic E-state index is -1.63. The van der Waals surface area contributed by atoms with Gasteiger partial charge >= 0.3 is 11.9 Å². The fourth-order valence-corrected chi connectivity index (χ4v) is 4.10. The molecule has 0 saturated carbocycles. The highest BCUT2D eigenvalue weighted by molar-refractivity contribution is 6.89. The third-order valence-corrected chi connectivity index (χ3v) is 6.37. The Bertz CT molecular complexity index is 865. The molecule has 2 aromatic rings. The zero-order valence-electron chi connectivity index (χ0n) is 17.4. The molecule has 0 aliphatic carbocycles. The van der Waals surface area contributed by atoms with Gasteiger partial charge in [-0.15, -0.1) is 0 Å². The Kier molecular flexibility index (Phi) is 9.03. The summed E-state index contributed by atoms with van der Waals surface area (Å²) in [6.45, 7) is 6.38. The first-order valence-corrected chi connectivity index (χ1v) is 12.9. The summed E-state index contributed by atoms with van der Waals surface area (Å²) in [5.74, 6) is -1.58. The van der Waals surface area contributed by atoms with Gasteiger partial charge in [0.15, 0.2) is 0 Å². The van der Waals surface area contributed by atoms with Crippen molar-refractivity contribution in [3.63, 3.8) is 0 Å². The first-order valence-electron chi connectivity index (χ1n) is 9.38. The van der Waals surface area contributed by atoms with Crippen molar-refractivity contribution in [1.82, 2.24) is 0 Å². The van der Waals surface area contributed by atoms with Crippen LogP contribution in [0, 0.1) is 0 Å². The topological polar surface area (TPSA) is 167 Å². The van der Waals surface area contributed by atoms with Gasteiger partial charge in [-0.25, -0.2) is 0 Å². The molecule has 0 saturated heterocycles. The monoisotopic (exact) mass is 434 g/mol. The lowest BCUT2D eigenvalue weighted by molar-refractivity contribution is -0.139. The third-order valence-electron chi connectivity index (χ3n) is 4.35. The summed E-state index contributed by atoms with van der Waals surface area (Å²) < 4.78 is 0. The van der Waals surface area contributed by atoms with Crippen molar-refractivity contribution in [3.8, 4) is 11.5 Å². The van der Waals surface area contributed by atoms with Crippen molar-refractivity contribution >= 4 is 25.2 Å². The van der Waals surface area contributed by atoms with Crippen molar-refractivity contribution in [2.75, 3.05) is 0 Å². The van der Waals surface area contributed by atoms with E-state index in [2.05, 4.69) is 19.6 Å². The summed E-state index contributed by atoms with van der Waals surface area (Å²) in [7, 11) is -1.63. The third kappa shape index (κ3) is 8.24. The average Bonchev–Trinajstić information content (AvgIpc) is 2.64. The molecule has 0 spiro atoms. The predicted molar refractivity (Wildman–Crippen MR) is 118 cm³/mol. The molecule has 8 nitrogen and oxygen atoms in total. The lowest BCUT2D eigenvalue weighted by Gasteiger charge is -2.19. The number of carboxylic acids is 2. The molecule has 164 valence electrons. The lowest BCUT2D eigenvalue weighted by Crippen LogP contribution is -2.38. The summed E-state index contributed by atoms with van der Waals surface area (Å²) in [5, 5.41) is 37.0. The van der Waals surface area contributed by atoms with Crippen LogP contribution in [0.2, 0.25) is 19.6 Å². The molecule has 0 bridgehead atoms. The van der Waals surface area contributed by atoms with Gasteiger partial charge in [-0.2, -0.15) is 0 Å². The largest absolute Gasteiger partial charge is 0.508 e. The molecule has 0 aromatic heterocycles. The van der Waals surface area contributed by atoms with Crippen LogP contribution in [-0.2, 0) is 22.4 Å². The van der Waals surface area contributed by atoms with Crippen molar-refractivity contribution in [2.45, 2.75) is 44.6 Å². The normalized spacial score (nSPS) is 13.0. The molecule has 2 rings (SSSR count). The van der Waals surface area contributed by atoms with Gasteiger partial charge in [-0.1, -0.05) is 43.9 Å². The Morgan fingerprint density at radius 2 is 1.27 bits per heavy atom. The average molecular weight is 435 g/mol. The van der Waals surface area contributed by atoms with Gasteiger partial charge in [0.2, 0.25) is 0 Å². The predicted octanol–water partition coefficient (Wildman–Crippen LogP) is 1.24. The number of hydrogen-bond donors (Lipinski definition) is 6. The van der Waals surface area contributed by atoms with E-state index < -0.39 is 32.1 Å². The zero-order chi connectivity index (χ0) is 23.1. The molecule has 2 atom stereocenters. The van der Waals surface area contributed by atoms with Crippen molar-refractivity contribution in [2.24, 2.45) is 11.5 Å². The van der Waals surface area contributed by atoms with Gasteiger partial charge in [0.1, 0.15) is 23.6 Å². The molecule has 0 unspecified atom stereocenters. The Labute approximate surface area is 176 Å². The van der Waals surface area contributed by atoms with Crippen LogP contribution in [0.3, 0.4) is 0 Å². The summed E-state index contributed by atoms with van der Waals surface area (Å²) in [6.07, 6.45) is 0.558. The van der Waals surface area contributed by atoms with E-state index in [1.165, 1.54) is 12.1 Å². The van der Waals surface area contributed by atoms with Crippen LogP contribution in [-0.4, -0.2) is 52.5 Å². The fourth-order valence-electron chi connectivity index (χ4n) is 2.63. The van der Waals surface area contributed by atoms with Crippen LogP contribution in [0.1, 0.15) is 11.1 Å². The molecular formula is C21H30N2O6Si. The van der Waals surface area contributed by atoms with E-state index in [9.17, 15) is 14.7 Å². The molecule has 0 amide bonds. The first kappa shape index (κ1) is 25.2. The molecule has 30 heavy (non-hydrogen) atoms. The van der Waals surface area contributed by atoms with E-state index in [1.807, 2.05) is 6.07 Å². The van der Waals surface area contributed by atoms with E-state index in [1.54, 1.807) is 24.3 Å². The molecule has 0 aliphatic heterocycles. The van der Waals surface area contributed by atoms with Crippen molar-refractivity contribution < 1.29 is 30.0 Å². The molecule has 0 heterocycles. The number of aromatic hydroxyl groups is 2. The number of benzene rings is 2. The van der Waals surface area contributed by atoms with E-state index in [-0.39, 0.29) is 24.3 Å². The van der Waals surface area contributed by atoms with Gasteiger partial charge in [0.05, 0.1) is 8.07 Å². The minimum absolute atomic E-state index is 0.160. The highest BCUT2D eigenvalue weighted by atomic mass is 28.3. The number of nitrogens with two attached hydrogens (primary N) is 2. The number of phenols is 2. The number of rotatable bonds is 7. The minimum Gasteiger partial charge on any atom is -0.508 e. The molecule has 0 fully saturated rings. The highest BCUT2D eigenvalue weighted by Crippen LogP contribution is 2.15. The Morgan fingerprint density at radius 3 is 1.70 bits per heavy atom. The maximum Gasteiger partial charge on any atom is 0.320 e. The summed E-state index contributed by atoms with van der Waals surface area (Å²) in [4.78, 5) is 21.1. The second kappa shape index (κ2) is 10.8. The standard InChI is InChI=1S/C12H19NO3Si.C9H11NO3/c1-17(2,3)11-7-8(4-5-10(11)14)6-9(13)12(15)16;10-8(9(12)13)5-6-1-3-7(11)4-2-6/h4-5,7,9,14H,6,13H2,1-3H3,(H,15,16);1-4,8,11H,5,10H2,(H,12,13)/t9-;8-/m00/s1. The second-order valence-electron chi connectivity index (χ2n) is 8.07. The van der Waals surface area contributed by atoms with Crippen LogP contribution in [0.5, 0.6) is 11.5 Å².